The topological polar surface area (TPSA) is 38.3 Å². The number of rotatable bonds is 5. The van der Waals surface area contributed by atoms with E-state index in [9.17, 15) is 4.79 Å². The van der Waals surface area contributed by atoms with Crippen LogP contribution in [0.5, 0.6) is 5.75 Å². The number of ether oxygens (including phenoxy) is 1. The van der Waals surface area contributed by atoms with E-state index in [4.69, 9.17) is 4.74 Å². The second-order valence-corrected chi connectivity index (χ2v) is 6.03. The number of amides is 1. The molecule has 1 amide bonds. The van der Waals surface area contributed by atoms with Gasteiger partial charge in [-0.3, -0.25) is 4.79 Å². The van der Waals surface area contributed by atoms with Crippen LogP contribution in [0.15, 0.2) is 60.0 Å². The molecule has 2 aromatic rings. The van der Waals surface area contributed by atoms with Crippen molar-refractivity contribution in [3.8, 4) is 5.75 Å². The third-order valence-corrected chi connectivity index (χ3v) is 4.51. The summed E-state index contributed by atoms with van der Waals surface area (Å²) in [5, 5.41) is 2.99. The molecule has 112 valence electrons. The number of anilines is 1. The Morgan fingerprint density at radius 1 is 1.32 bits per heavy atom. The molecule has 1 heterocycles. The Balaban J connectivity index is 1.78. The van der Waals surface area contributed by atoms with Gasteiger partial charge in [0.25, 0.3) is 5.91 Å². The molecule has 1 aliphatic rings. The van der Waals surface area contributed by atoms with Crippen molar-refractivity contribution in [2.24, 2.45) is 0 Å². The van der Waals surface area contributed by atoms with Gasteiger partial charge in [0, 0.05) is 22.6 Å². The van der Waals surface area contributed by atoms with Crippen molar-refractivity contribution in [2.45, 2.75) is 11.3 Å². The van der Waals surface area contributed by atoms with E-state index in [1.807, 2.05) is 42.5 Å². The van der Waals surface area contributed by atoms with Crippen LogP contribution < -0.4 is 10.1 Å². The van der Waals surface area contributed by atoms with Gasteiger partial charge in [0.1, 0.15) is 5.75 Å². The smallest absolute Gasteiger partial charge is 0.255 e. The Kier molecular flexibility index (Phi) is 4.49. The van der Waals surface area contributed by atoms with E-state index in [0.29, 0.717) is 12.2 Å². The molecular formula is C18H17NO2S. The lowest BCUT2D eigenvalue weighted by molar-refractivity contribution is 0.102. The van der Waals surface area contributed by atoms with E-state index in [1.165, 1.54) is 0 Å². The number of nitrogens with one attached hydrogen (secondary N) is 1. The van der Waals surface area contributed by atoms with Crippen LogP contribution in [0, 0.1) is 0 Å². The van der Waals surface area contributed by atoms with Gasteiger partial charge >= 0.3 is 0 Å². The van der Waals surface area contributed by atoms with E-state index < -0.39 is 0 Å². The molecule has 0 radical (unpaired) electrons. The third-order valence-electron chi connectivity index (χ3n) is 3.44. The summed E-state index contributed by atoms with van der Waals surface area (Å²) in [7, 11) is 0. The Bertz CT molecular complexity index is 712. The first kappa shape index (κ1) is 14.7. The molecule has 2 aromatic carbocycles. The average Bonchev–Trinajstić information content (AvgIpc) is 3.01. The minimum Gasteiger partial charge on any atom is -0.493 e. The largest absolute Gasteiger partial charge is 0.493 e. The summed E-state index contributed by atoms with van der Waals surface area (Å²) in [5.74, 6) is 1.60. The molecule has 0 spiro atoms. The lowest BCUT2D eigenvalue weighted by atomic mass is 10.1. The molecule has 0 bridgehead atoms. The number of fused-ring (bicyclic) bond motifs is 1. The standard InChI is InChI=1S/C18H17NO2S/c1-2-11-22-17-6-4-3-5-15(17)19-18(20)14-7-8-16-13(12-14)9-10-21-16/h2-8,12H,1,9-11H2,(H,19,20). The average molecular weight is 311 g/mol. The first-order valence-electron chi connectivity index (χ1n) is 7.18. The molecule has 1 aliphatic heterocycles. The molecule has 0 aromatic heterocycles. The minimum atomic E-state index is -0.0960. The summed E-state index contributed by atoms with van der Waals surface area (Å²) in [6.45, 7) is 4.42. The van der Waals surface area contributed by atoms with Crippen molar-refractivity contribution in [1.29, 1.82) is 0 Å². The Labute approximate surface area is 134 Å². The highest BCUT2D eigenvalue weighted by Crippen LogP contribution is 2.29. The molecule has 1 N–H and O–H groups in total. The summed E-state index contributed by atoms with van der Waals surface area (Å²) in [6, 6.07) is 13.4. The fourth-order valence-corrected chi connectivity index (χ4v) is 3.11. The van der Waals surface area contributed by atoms with Crippen LogP contribution in [0.3, 0.4) is 0 Å². The van der Waals surface area contributed by atoms with E-state index in [0.717, 1.165) is 34.1 Å². The normalized spacial score (nSPS) is 12.4. The van der Waals surface area contributed by atoms with Crippen LogP contribution in [-0.2, 0) is 6.42 Å². The molecule has 22 heavy (non-hydrogen) atoms. The minimum absolute atomic E-state index is 0.0960. The lowest BCUT2D eigenvalue weighted by Gasteiger charge is -2.10. The van der Waals surface area contributed by atoms with Gasteiger partial charge in [-0.05, 0) is 35.9 Å². The van der Waals surface area contributed by atoms with Crippen molar-refractivity contribution >= 4 is 23.4 Å². The van der Waals surface area contributed by atoms with Crippen LogP contribution in [0.25, 0.3) is 0 Å². The van der Waals surface area contributed by atoms with E-state index in [2.05, 4.69) is 11.9 Å². The number of hydrogen-bond donors (Lipinski definition) is 1. The first-order chi connectivity index (χ1) is 10.8. The van der Waals surface area contributed by atoms with Crippen molar-refractivity contribution in [2.75, 3.05) is 17.7 Å². The highest BCUT2D eigenvalue weighted by Gasteiger charge is 2.15. The molecule has 0 unspecified atom stereocenters. The van der Waals surface area contributed by atoms with E-state index >= 15 is 0 Å². The van der Waals surface area contributed by atoms with Crippen LogP contribution in [0.2, 0.25) is 0 Å². The molecule has 0 fully saturated rings. The number of para-hydroxylation sites is 1. The fraction of sp³-hybridized carbons (Fsp3) is 0.167. The van der Waals surface area contributed by atoms with Gasteiger partial charge in [0.2, 0.25) is 0 Å². The highest BCUT2D eigenvalue weighted by atomic mass is 32.2. The van der Waals surface area contributed by atoms with Crippen molar-refractivity contribution in [3.05, 3.63) is 66.2 Å². The molecule has 0 saturated carbocycles. The summed E-state index contributed by atoms with van der Waals surface area (Å²) in [6.07, 6.45) is 2.71. The molecule has 3 nitrogen and oxygen atoms in total. The third kappa shape index (κ3) is 3.17. The second kappa shape index (κ2) is 6.71. The van der Waals surface area contributed by atoms with Gasteiger partial charge in [-0.1, -0.05) is 18.2 Å². The summed E-state index contributed by atoms with van der Waals surface area (Å²) >= 11 is 1.65. The zero-order chi connectivity index (χ0) is 15.4. The zero-order valence-electron chi connectivity index (χ0n) is 12.2. The Hall–Kier alpha value is -2.20. The number of benzene rings is 2. The maximum absolute atomic E-state index is 12.5. The van der Waals surface area contributed by atoms with Gasteiger partial charge in [0.15, 0.2) is 0 Å². The lowest BCUT2D eigenvalue weighted by Crippen LogP contribution is -2.12. The first-order valence-corrected chi connectivity index (χ1v) is 8.16. The zero-order valence-corrected chi connectivity index (χ0v) is 13.0. The summed E-state index contributed by atoms with van der Waals surface area (Å²) < 4.78 is 5.47. The van der Waals surface area contributed by atoms with Crippen molar-refractivity contribution < 1.29 is 9.53 Å². The van der Waals surface area contributed by atoms with E-state index in [1.54, 1.807) is 17.8 Å². The SMILES string of the molecule is C=CCSc1ccccc1NC(=O)c1ccc2c(c1)CCO2. The van der Waals surface area contributed by atoms with Gasteiger partial charge < -0.3 is 10.1 Å². The Morgan fingerprint density at radius 3 is 3.05 bits per heavy atom. The quantitative estimate of drug-likeness (QED) is 0.666. The van der Waals surface area contributed by atoms with Crippen LogP contribution in [-0.4, -0.2) is 18.3 Å². The fourth-order valence-electron chi connectivity index (χ4n) is 2.37. The number of carbonyl (C=O) groups excluding carboxylic acids is 1. The van der Waals surface area contributed by atoms with Gasteiger partial charge in [-0.25, -0.2) is 0 Å². The van der Waals surface area contributed by atoms with Crippen molar-refractivity contribution in [1.82, 2.24) is 0 Å². The maximum atomic E-state index is 12.5. The molecule has 3 rings (SSSR count). The predicted octanol–water partition coefficient (Wildman–Crippen LogP) is 4.15. The van der Waals surface area contributed by atoms with Gasteiger partial charge in [-0.15, -0.1) is 18.3 Å². The monoisotopic (exact) mass is 311 g/mol. The highest BCUT2D eigenvalue weighted by molar-refractivity contribution is 7.99. The van der Waals surface area contributed by atoms with Crippen LogP contribution in [0.1, 0.15) is 15.9 Å². The number of carbonyl (C=O) groups is 1. The molecule has 4 heteroatoms. The second-order valence-electron chi connectivity index (χ2n) is 4.97. The van der Waals surface area contributed by atoms with Crippen LogP contribution >= 0.6 is 11.8 Å². The molecule has 0 atom stereocenters. The predicted molar refractivity (Wildman–Crippen MR) is 91.0 cm³/mol. The Morgan fingerprint density at radius 2 is 2.18 bits per heavy atom. The molecule has 0 saturated heterocycles. The number of hydrogen-bond acceptors (Lipinski definition) is 3. The maximum Gasteiger partial charge on any atom is 0.255 e. The van der Waals surface area contributed by atoms with E-state index in [-0.39, 0.29) is 5.91 Å². The van der Waals surface area contributed by atoms with Crippen LogP contribution in [0.4, 0.5) is 5.69 Å². The molecule has 0 aliphatic carbocycles. The summed E-state index contributed by atoms with van der Waals surface area (Å²) in [5.41, 5.74) is 2.59. The molecular weight excluding hydrogens is 294 g/mol. The van der Waals surface area contributed by atoms with Gasteiger partial charge in [-0.2, -0.15) is 0 Å². The van der Waals surface area contributed by atoms with Gasteiger partial charge in [0.05, 0.1) is 12.3 Å². The van der Waals surface area contributed by atoms with Crippen molar-refractivity contribution in [3.63, 3.8) is 0 Å². The summed E-state index contributed by atoms with van der Waals surface area (Å²) in [4.78, 5) is 13.5. The number of thioether (sulfide) groups is 1.